The van der Waals surface area contributed by atoms with E-state index in [1.54, 1.807) is 16.9 Å². The molecule has 0 amide bonds. The van der Waals surface area contributed by atoms with Crippen LogP contribution in [0, 0.1) is 11.7 Å². The Balaban J connectivity index is 2.75. The van der Waals surface area contributed by atoms with Gasteiger partial charge in [-0.15, -0.1) is 0 Å². The van der Waals surface area contributed by atoms with Gasteiger partial charge in [-0.1, -0.05) is 0 Å². The summed E-state index contributed by atoms with van der Waals surface area (Å²) in [5, 5.41) is 4.64. The van der Waals surface area contributed by atoms with Gasteiger partial charge in [-0.2, -0.15) is 5.06 Å². The fraction of sp³-hybridized carbons (Fsp3) is 0.667. The Morgan fingerprint density at radius 3 is 2.83 bits per heavy atom. The molecule has 0 fully saturated rings. The van der Waals surface area contributed by atoms with Crippen LogP contribution < -0.4 is 0 Å². The van der Waals surface area contributed by atoms with Gasteiger partial charge in [-0.25, -0.2) is 9.67 Å². The molecule has 1 aromatic rings. The Hall–Kier alpha value is -0.720. The third-order valence-corrected chi connectivity index (χ3v) is 1.75. The summed E-state index contributed by atoms with van der Waals surface area (Å²) >= 11 is 4.98. The molecule has 0 aromatic carbocycles. The summed E-state index contributed by atoms with van der Waals surface area (Å²) in [5.41, 5.74) is 0. The first-order valence-electron chi connectivity index (χ1n) is 3.52. The lowest BCUT2D eigenvalue weighted by Gasteiger charge is -2.12. The van der Waals surface area contributed by atoms with Crippen molar-refractivity contribution in [1.82, 2.24) is 19.8 Å². The average molecular weight is 188 g/mol. The minimum absolute atomic E-state index is 0.538. The van der Waals surface area contributed by atoms with Crippen LogP contribution in [0.2, 0.25) is 0 Å². The van der Waals surface area contributed by atoms with E-state index < -0.39 is 0 Å². The van der Waals surface area contributed by atoms with Crippen LogP contribution in [0.3, 0.4) is 0 Å². The fourth-order valence-corrected chi connectivity index (χ4v) is 1.07. The minimum Gasteiger partial charge on any atom is -0.301 e. The molecule has 1 heterocycles. The summed E-state index contributed by atoms with van der Waals surface area (Å²) in [6, 6.07) is 0. The van der Waals surface area contributed by atoms with Crippen molar-refractivity contribution >= 4 is 12.2 Å². The van der Waals surface area contributed by atoms with Crippen molar-refractivity contribution in [3.63, 3.8) is 0 Å². The van der Waals surface area contributed by atoms with E-state index in [-0.39, 0.29) is 0 Å². The van der Waals surface area contributed by atoms with E-state index in [1.807, 2.05) is 14.0 Å². The molecule has 0 unspecified atom stereocenters. The molecule has 0 radical (unpaired) electrons. The third-order valence-electron chi connectivity index (χ3n) is 1.44. The van der Waals surface area contributed by atoms with Gasteiger partial charge in [0.15, 0.2) is 0 Å². The van der Waals surface area contributed by atoms with Gasteiger partial charge in [0.05, 0.1) is 7.11 Å². The minimum atomic E-state index is 0.538. The highest BCUT2D eigenvalue weighted by Gasteiger charge is 2.00. The number of hydroxylamine groups is 2. The number of aryl methyl sites for hydroxylation is 1. The van der Waals surface area contributed by atoms with Crippen molar-refractivity contribution in [2.75, 3.05) is 14.2 Å². The number of H-pyrrole nitrogens is 1. The highest BCUT2D eigenvalue weighted by atomic mass is 32.1. The molecular formula is C6H12N4OS. The molecule has 0 aliphatic rings. The molecule has 1 aromatic heterocycles. The molecular weight excluding hydrogens is 176 g/mol. The van der Waals surface area contributed by atoms with Gasteiger partial charge in [0.25, 0.3) is 0 Å². The van der Waals surface area contributed by atoms with Gasteiger partial charge in [0.1, 0.15) is 12.5 Å². The van der Waals surface area contributed by atoms with Gasteiger partial charge in [0, 0.05) is 7.05 Å². The SMILES string of the molecule is CON(C)Cn1[nH]c(C)nc1=S. The van der Waals surface area contributed by atoms with E-state index >= 15 is 0 Å². The number of nitrogens with one attached hydrogen (secondary N) is 1. The molecule has 0 saturated heterocycles. The number of aromatic amines is 1. The van der Waals surface area contributed by atoms with Gasteiger partial charge >= 0.3 is 0 Å². The third kappa shape index (κ3) is 2.13. The topological polar surface area (TPSA) is 46.1 Å². The Kier molecular flexibility index (Phi) is 2.96. The molecule has 0 saturated carbocycles. The Morgan fingerprint density at radius 1 is 1.75 bits per heavy atom. The van der Waals surface area contributed by atoms with Crippen LogP contribution in [0.1, 0.15) is 5.82 Å². The van der Waals surface area contributed by atoms with Gasteiger partial charge in [-0.3, -0.25) is 5.10 Å². The lowest BCUT2D eigenvalue weighted by atomic mass is 10.8. The first-order valence-corrected chi connectivity index (χ1v) is 3.93. The fourth-order valence-electron chi connectivity index (χ4n) is 0.825. The van der Waals surface area contributed by atoms with Crippen LogP contribution in [0.15, 0.2) is 0 Å². The summed E-state index contributed by atoms with van der Waals surface area (Å²) in [6.07, 6.45) is 0. The summed E-state index contributed by atoms with van der Waals surface area (Å²) in [6.45, 7) is 2.41. The Morgan fingerprint density at radius 2 is 2.42 bits per heavy atom. The summed E-state index contributed by atoms with van der Waals surface area (Å²) in [5.74, 6) is 0.810. The molecule has 0 bridgehead atoms. The number of nitrogens with zero attached hydrogens (tertiary/aromatic N) is 3. The smallest absolute Gasteiger partial charge is 0.217 e. The number of rotatable bonds is 3. The van der Waals surface area contributed by atoms with Crippen molar-refractivity contribution in [3.8, 4) is 0 Å². The number of hydrogen-bond acceptors (Lipinski definition) is 4. The second-order valence-corrected chi connectivity index (χ2v) is 2.84. The van der Waals surface area contributed by atoms with E-state index in [9.17, 15) is 0 Å². The predicted octanol–water partition coefficient (Wildman–Crippen LogP) is 0.700. The van der Waals surface area contributed by atoms with Crippen LogP contribution in [0.4, 0.5) is 0 Å². The van der Waals surface area contributed by atoms with Crippen LogP contribution >= 0.6 is 12.2 Å². The summed E-state index contributed by atoms with van der Waals surface area (Å²) in [7, 11) is 3.42. The summed E-state index contributed by atoms with van der Waals surface area (Å²) < 4.78 is 2.27. The molecule has 1 N–H and O–H groups in total. The largest absolute Gasteiger partial charge is 0.301 e. The van der Waals surface area contributed by atoms with E-state index in [0.29, 0.717) is 11.4 Å². The van der Waals surface area contributed by atoms with Gasteiger partial charge < -0.3 is 4.84 Å². The molecule has 12 heavy (non-hydrogen) atoms. The first-order chi connectivity index (χ1) is 5.63. The highest BCUT2D eigenvalue weighted by Crippen LogP contribution is 1.93. The molecule has 0 atom stereocenters. The first kappa shape index (κ1) is 9.37. The summed E-state index contributed by atoms with van der Waals surface area (Å²) in [4.78, 5) is 8.98. The second kappa shape index (κ2) is 3.79. The average Bonchev–Trinajstić information content (AvgIpc) is 2.30. The molecule has 5 nitrogen and oxygen atoms in total. The quantitative estimate of drug-likeness (QED) is 0.560. The Bertz CT molecular complexity index is 305. The van der Waals surface area contributed by atoms with Crippen molar-refractivity contribution < 1.29 is 4.84 Å². The zero-order valence-corrected chi connectivity index (χ0v) is 8.18. The molecule has 0 aliphatic carbocycles. The normalized spacial score (nSPS) is 11.0. The molecule has 0 aliphatic heterocycles. The van der Waals surface area contributed by atoms with Crippen molar-refractivity contribution in [2.24, 2.45) is 0 Å². The van der Waals surface area contributed by atoms with E-state index in [0.717, 1.165) is 5.82 Å². The monoisotopic (exact) mass is 188 g/mol. The number of hydrogen-bond donors (Lipinski definition) is 1. The maximum Gasteiger partial charge on any atom is 0.217 e. The van der Waals surface area contributed by atoms with Crippen LogP contribution in [-0.2, 0) is 11.5 Å². The van der Waals surface area contributed by atoms with Gasteiger partial charge in [-0.05, 0) is 19.1 Å². The molecule has 0 spiro atoms. The standard InChI is InChI=1S/C6H12N4OS/c1-5-7-6(12)10(8-5)4-9(2)11-3/h4H2,1-3H3,(H,7,8,12). The molecule has 6 heteroatoms. The lowest BCUT2D eigenvalue weighted by molar-refractivity contribution is -0.134. The van der Waals surface area contributed by atoms with Crippen LogP contribution in [-0.4, -0.2) is 34.0 Å². The van der Waals surface area contributed by atoms with E-state index in [2.05, 4.69) is 10.1 Å². The maximum atomic E-state index is 4.98. The number of aromatic nitrogens is 3. The lowest BCUT2D eigenvalue weighted by Crippen LogP contribution is -2.21. The second-order valence-electron chi connectivity index (χ2n) is 2.47. The van der Waals surface area contributed by atoms with Crippen LogP contribution in [0.25, 0.3) is 0 Å². The van der Waals surface area contributed by atoms with Gasteiger partial charge in [0.2, 0.25) is 4.77 Å². The van der Waals surface area contributed by atoms with Crippen molar-refractivity contribution in [1.29, 1.82) is 0 Å². The Labute approximate surface area is 75.9 Å². The predicted molar refractivity (Wildman–Crippen MR) is 46.9 cm³/mol. The molecule has 68 valence electrons. The zero-order valence-electron chi connectivity index (χ0n) is 7.37. The van der Waals surface area contributed by atoms with Crippen molar-refractivity contribution in [3.05, 3.63) is 10.6 Å². The highest BCUT2D eigenvalue weighted by molar-refractivity contribution is 7.71. The van der Waals surface area contributed by atoms with E-state index in [1.165, 1.54) is 0 Å². The van der Waals surface area contributed by atoms with Crippen LogP contribution in [0.5, 0.6) is 0 Å². The molecule has 1 rings (SSSR count). The maximum absolute atomic E-state index is 4.98. The zero-order chi connectivity index (χ0) is 9.14. The van der Waals surface area contributed by atoms with Crippen molar-refractivity contribution in [2.45, 2.75) is 13.6 Å². The van der Waals surface area contributed by atoms with E-state index in [4.69, 9.17) is 17.1 Å².